The summed E-state index contributed by atoms with van der Waals surface area (Å²) in [6, 6.07) is 0. The first-order chi connectivity index (χ1) is 3.30. The van der Waals surface area contributed by atoms with Gasteiger partial charge in [-0.2, -0.15) is 6.34 Å². The molecule has 38 valence electrons. The molecule has 0 unspecified atom stereocenters. The minimum atomic E-state index is 0.833. The zero-order valence-corrected chi connectivity index (χ0v) is 4.13. The molecular formula is C4H6N3-. The monoisotopic (exact) mass is 96.1 g/mol. The maximum Gasteiger partial charge on any atom is -0.0185 e. The maximum absolute atomic E-state index is 3.81. The van der Waals surface area contributed by atoms with Crippen molar-refractivity contribution in [3.05, 3.63) is 11.6 Å². The number of rotatable bonds is 0. The molecule has 0 saturated heterocycles. The van der Waals surface area contributed by atoms with Crippen molar-refractivity contribution in [2.75, 3.05) is 0 Å². The molecule has 0 radical (unpaired) electrons. The number of nitrogens with zero attached hydrogens (tertiary/aromatic N) is 3. The van der Waals surface area contributed by atoms with Crippen LogP contribution >= 0.6 is 0 Å². The van der Waals surface area contributed by atoms with Crippen LogP contribution in [0.5, 0.6) is 0 Å². The van der Waals surface area contributed by atoms with E-state index in [2.05, 4.69) is 17.1 Å². The van der Waals surface area contributed by atoms with Gasteiger partial charge in [-0.25, -0.2) is 0 Å². The van der Waals surface area contributed by atoms with Crippen LogP contribution < -0.4 is 0 Å². The second kappa shape index (κ2) is 1.26. The van der Waals surface area contributed by atoms with Gasteiger partial charge in [0.1, 0.15) is 0 Å². The molecule has 0 N–H and O–H groups in total. The van der Waals surface area contributed by atoms with E-state index in [1.807, 2.05) is 6.92 Å². The van der Waals surface area contributed by atoms with Gasteiger partial charge in [-0.3, -0.25) is 0 Å². The van der Waals surface area contributed by atoms with Crippen molar-refractivity contribution in [2.45, 2.75) is 6.92 Å². The standard InChI is InChI=1S/C4H6N3/c1-4-5-3-6-7(4)2/h3H,2H2,1H3/q-1. The van der Waals surface area contributed by atoms with E-state index in [0.717, 1.165) is 6.17 Å². The van der Waals surface area contributed by atoms with E-state index in [0.29, 0.717) is 0 Å². The van der Waals surface area contributed by atoms with Gasteiger partial charge in [0, 0.05) is 0 Å². The van der Waals surface area contributed by atoms with E-state index in [9.17, 15) is 0 Å². The third kappa shape index (κ3) is 0.559. The highest BCUT2D eigenvalue weighted by atomic mass is 15.5. The van der Waals surface area contributed by atoms with Gasteiger partial charge >= 0.3 is 0 Å². The van der Waals surface area contributed by atoms with Crippen LogP contribution in [0.2, 0.25) is 0 Å². The summed E-state index contributed by atoms with van der Waals surface area (Å²) in [7, 11) is 0. The Bertz CT molecular complexity index is 116. The normalized spacial score (nSPS) is 17.9. The predicted molar refractivity (Wildman–Crippen MR) is 28.1 cm³/mol. The first kappa shape index (κ1) is 4.18. The molecule has 0 aromatic heterocycles. The summed E-state index contributed by atoms with van der Waals surface area (Å²) in [5.41, 5.74) is 3.71. The molecule has 3 nitrogen and oxygen atoms in total. The Labute approximate surface area is 42.3 Å². The Balaban J connectivity index is 2.62. The van der Waals surface area contributed by atoms with Crippen LogP contribution in [0.3, 0.4) is 0 Å². The Morgan fingerprint density at radius 1 is 2.00 bits per heavy atom. The number of hydrogen-bond acceptors (Lipinski definition) is 1. The van der Waals surface area contributed by atoms with Crippen molar-refractivity contribution in [1.82, 2.24) is 0 Å². The van der Waals surface area contributed by atoms with Crippen LogP contribution in [-0.2, 0) is 0 Å². The lowest BCUT2D eigenvalue weighted by Crippen LogP contribution is -1.98. The first-order valence-corrected chi connectivity index (χ1v) is 1.98. The SMILES string of the molecule is C=[N+]1[N-]C=N[C-]1C. The first-order valence-electron chi connectivity index (χ1n) is 1.98. The van der Waals surface area contributed by atoms with Gasteiger partial charge in [0.15, 0.2) is 0 Å². The fraction of sp³-hybridized carbons (Fsp3) is 0.250. The molecule has 0 spiro atoms. The summed E-state index contributed by atoms with van der Waals surface area (Å²) in [5, 5.41) is 0. The summed E-state index contributed by atoms with van der Waals surface area (Å²) in [4.78, 5) is 3.81. The highest BCUT2D eigenvalue weighted by Crippen LogP contribution is 2.09. The van der Waals surface area contributed by atoms with Crippen LogP contribution in [-0.4, -0.2) is 17.7 Å². The Hall–Kier alpha value is -0.990. The summed E-state index contributed by atoms with van der Waals surface area (Å²) < 4.78 is 1.47. The van der Waals surface area contributed by atoms with Gasteiger partial charge in [-0.1, -0.05) is 6.92 Å². The average molecular weight is 96.1 g/mol. The lowest BCUT2D eigenvalue weighted by atomic mass is 10.6. The van der Waals surface area contributed by atoms with Crippen molar-refractivity contribution in [2.24, 2.45) is 4.99 Å². The summed E-state index contributed by atoms with van der Waals surface area (Å²) in [5.74, 6) is 0. The van der Waals surface area contributed by atoms with Crippen molar-refractivity contribution >= 4 is 13.1 Å². The van der Waals surface area contributed by atoms with Gasteiger partial charge in [-0.15, -0.1) is 0 Å². The van der Waals surface area contributed by atoms with Gasteiger partial charge < -0.3 is 15.1 Å². The van der Waals surface area contributed by atoms with Crippen molar-refractivity contribution in [1.29, 1.82) is 0 Å². The average Bonchev–Trinajstić information content (AvgIpc) is 1.91. The fourth-order valence-electron chi connectivity index (χ4n) is 0.322. The molecule has 1 rings (SSSR count). The van der Waals surface area contributed by atoms with E-state index in [1.165, 1.54) is 11.0 Å². The van der Waals surface area contributed by atoms with Gasteiger partial charge in [-0.05, 0) is 12.9 Å². The van der Waals surface area contributed by atoms with Crippen LogP contribution in [0.25, 0.3) is 5.43 Å². The highest BCUT2D eigenvalue weighted by Gasteiger charge is 1.86. The molecule has 3 heteroatoms. The van der Waals surface area contributed by atoms with Crippen molar-refractivity contribution in [3.63, 3.8) is 0 Å². The Morgan fingerprint density at radius 2 is 2.71 bits per heavy atom. The summed E-state index contributed by atoms with van der Waals surface area (Å²) in [6.07, 6.45) is 2.31. The third-order valence-corrected chi connectivity index (χ3v) is 0.809. The van der Waals surface area contributed by atoms with E-state index in [4.69, 9.17) is 0 Å². The van der Waals surface area contributed by atoms with Crippen LogP contribution in [0.1, 0.15) is 6.92 Å². The van der Waals surface area contributed by atoms with E-state index >= 15 is 0 Å². The zero-order chi connectivity index (χ0) is 5.28. The quantitative estimate of drug-likeness (QED) is 0.311. The molecule has 0 aromatic carbocycles. The lowest BCUT2D eigenvalue weighted by molar-refractivity contribution is -0.435. The van der Waals surface area contributed by atoms with E-state index < -0.39 is 0 Å². The molecule has 1 aliphatic rings. The summed E-state index contributed by atoms with van der Waals surface area (Å²) >= 11 is 0. The number of aliphatic imine (C=N–C) groups is 1. The minimum Gasteiger partial charge on any atom is -0.533 e. The van der Waals surface area contributed by atoms with Gasteiger partial charge in [0.25, 0.3) is 0 Å². The molecular weight excluding hydrogens is 90.1 g/mol. The molecule has 7 heavy (non-hydrogen) atoms. The molecule has 0 aromatic rings. The highest BCUT2D eigenvalue weighted by molar-refractivity contribution is 5.70. The molecule has 0 fully saturated rings. The molecule has 0 atom stereocenters. The zero-order valence-electron chi connectivity index (χ0n) is 4.13. The minimum absolute atomic E-state index is 0.833. The Morgan fingerprint density at radius 3 is 2.86 bits per heavy atom. The molecule has 1 aliphatic heterocycles. The van der Waals surface area contributed by atoms with Gasteiger partial charge in [0.05, 0.1) is 0 Å². The maximum atomic E-state index is 3.81. The lowest BCUT2D eigenvalue weighted by Gasteiger charge is -2.15. The molecule has 0 saturated carbocycles. The number of hydrogen-bond donors (Lipinski definition) is 0. The van der Waals surface area contributed by atoms with Crippen LogP contribution in [0, 0.1) is 6.17 Å². The summed E-state index contributed by atoms with van der Waals surface area (Å²) in [6.45, 7) is 5.37. The molecule has 1 heterocycles. The fourth-order valence-corrected chi connectivity index (χ4v) is 0.322. The van der Waals surface area contributed by atoms with E-state index in [-0.39, 0.29) is 0 Å². The molecule has 0 aliphatic carbocycles. The van der Waals surface area contributed by atoms with E-state index in [1.54, 1.807) is 0 Å². The van der Waals surface area contributed by atoms with Crippen molar-refractivity contribution < 1.29 is 4.68 Å². The second-order valence-electron chi connectivity index (χ2n) is 1.31. The third-order valence-electron chi connectivity index (χ3n) is 0.809. The predicted octanol–water partition coefficient (Wildman–Crippen LogP) is 0.539. The molecule has 0 bridgehead atoms. The largest absolute Gasteiger partial charge is 0.533 e. The second-order valence-corrected chi connectivity index (χ2v) is 1.31. The van der Waals surface area contributed by atoms with Gasteiger partial charge in [0.2, 0.25) is 0 Å². The van der Waals surface area contributed by atoms with Crippen LogP contribution in [0.4, 0.5) is 0 Å². The topological polar surface area (TPSA) is 29.5 Å². The van der Waals surface area contributed by atoms with Crippen molar-refractivity contribution in [3.8, 4) is 0 Å². The Kier molecular flexibility index (Phi) is 0.749. The van der Waals surface area contributed by atoms with Crippen LogP contribution in [0.15, 0.2) is 4.99 Å². The smallest absolute Gasteiger partial charge is 0.0185 e. The molecule has 0 amide bonds.